The lowest BCUT2D eigenvalue weighted by molar-refractivity contribution is 0.212. The molecular weight excluding hydrogens is 204 g/mol. The molecule has 0 saturated carbocycles. The first kappa shape index (κ1) is 10.8. The summed E-state index contributed by atoms with van der Waals surface area (Å²) in [6, 6.07) is 7.90. The first-order chi connectivity index (χ1) is 7.79. The lowest BCUT2D eigenvalue weighted by atomic mass is 9.97. The van der Waals surface area contributed by atoms with Gasteiger partial charge in [0.2, 0.25) is 0 Å². The smallest absolute Gasteiger partial charge is 0.314 e. The van der Waals surface area contributed by atoms with E-state index in [-0.39, 0.29) is 6.03 Å². The van der Waals surface area contributed by atoms with E-state index in [4.69, 9.17) is 4.74 Å². The lowest BCUT2D eigenvalue weighted by Gasteiger charge is -2.25. The molecule has 4 nitrogen and oxygen atoms in total. The monoisotopic (exact) mass is 220 g/mol. The van der Waals surface area contributed by atoms with Crippen molar-refractivity contribution in [3.8, 4) is 5.75 Å². The van der Waals surface area contributed by atoms with Gasteiger partial charge in [-0.1, -0.05) is 18.2 Å². The average molecular weight is 220 g/mol. The summed E-state index contributed by atoms with van der Waals surface area (Å²) in [5, 5.41) is 5.34. The van der Waals surface area contributed by atoms with E-state index < -0.39 is 0 Å². The largest absolute Gasteiger partial charge is 0.493 e. The van der Waals surface area contributed by atoms with Crippen molar-refractivity contribution in [2.45, 2.75) is 6.42 Å². The fourth-order valence-corrected chi connectivity index (χ4v) is 1.85. The van der Waals surface area contributed by atoms with Crippen molar-refractivity contribution in [1.82, 2.24) is 10.6 Å². The minimum absolute atomic E-state index is 0.140. The lowest BCUT2D eigenvalue weighted by Crippen LogP contribution is -2.39. The predicted octanol–water partition coefficient (Wildman–Crippen LogP) is 1.17. The number of benzene rings is 1. The molecule has 0 bridgehead atoms. The maximum Gasteiger partial charge on any atom is 0.314 e. The summed E-state index contributed by atoms with van der Waals surface area (Å²) in [5.41, 5.74) is 1.22. The van der Waals surface area contributed by atoms with Crippen LogP contribution in [0.1, 0.15) is 5.56 Å². The Hall–Kier alpha value is -1.71. The van der Waals surface area contributed by atoms with E-state index in [1.807, 2.05) is 18.2 Å². The second-order valence-corrected chi connectivity index (χ2v) is 3.95. The highest BCUT2D eigenvalue weighted by molar-refractivity contribution is 5.73. The van der Waals surface area contributed by atoms with Gasteiger partial charge in [0.15, 0.2) is 0 Å². The molecule has 0 radical (unpaired) electrons. The summed E-state index contributed by atoms with van der Waals surface area (Å²) in [6.45, 7) is 1.31. The van der Waals surface area contributed by atoms with Gasteiger partial charge < -0.3 is 15.4 Å². The molecule has 16 heavy (non-hydrogen) atoms. The predicted molar refractivity (Wildman–Crippen MR) is 61.6 cm³/mol. The van der Waals surface area contributed by atoms with E-state index >= 15 is 0 Å². The Morgan fingerprint density at radius 2 is 2.31 bits per heavy atom. The fraction of sp³-hybridized carbons (Fsp3) is 0.417. The molecule has 0 aromatic heterocycles. The van der Waals surface area contributed by atoms with Crippen LogP contribution in [0.15, 0.2) is 24.3 Å². The Bertz CT molecular complexity index is 379. The van der Waals surface area contributed by atoms with Crippen LogP contribution in [0, 0.1) is 5.92 Å². The molecule has 0 spiro atoms. The Morgan fingerprint density at radius 3 is 3.12 bits per heavy atom. The van der Waals surface area contributed by atoms with Crippen LogP contribution in [0.5, 0.6) is 5.75 Å². The van der Waals surface area contributed by atoms with Crippen molar-refractivity contribution < 1.29 is 9.53 Å². The highest BCUT2D eigenvalue weighted by atomic mass is 16.5. The number of carbonyl (C=O) groups excluding carboxylic acids is 1. The van der Waals surface area contributed by atoms with Crippen LogP contribution < -0.4 is 15.4 Å². The number of hydrogen-bond acceptors (Lipinski definition) is 2. The number of urea groups is 1. The van der Waals surface area contributed by atoms with E-state index in [0.29, 0.717) is 19.1 Å². The maximum absolute atomic E-state index is 11.0. The van der Waals surface area contributed by atoms with Gasteiger partial charge in [0.05, 0.1) is 6.61 Å². The summed E-state index contributed by atoms with van der Waals surface area (Å²) in [7, 11) is 1.61. The van der Waals surface area contributed by atoms with E-state index in [9.17, 15) is 4.79 Å². The summed E-state index contributed by atoms with van der Waals surface area (Å²) in [5.74, 6) is 1.32. The van der Waals surface area contributed by atoms with Gasteiger partial charge in [-0.25, -0.2) is 4.79 Å². The third-order valence-electron chi connectivity index (χ3n) is 2.73. The van der Waals surface area contributed by atoms with Crippen LogP contribution in [-0.4, -0.2) is 26.2 Å². The van der Waals surface area contributed by atoms with Crippen molar-refractivity contribution in [1.29, 1.82) is 0 Å². The van der Waals surface area contributed by atoms with E-state index in [2.05, 4.69) is 16.7 Å². The van der Waals surface area contributed by atoms with Crippen molar-refractivity contribution in [2.24, 2.45) is 5.92 Å². The minimum Gasteiger partial charge on any atom is -0.493 e. The van der Waals surface area contributed by atoms with Gasteiger partial charge in [-0.05, 0) is 18.1 Å². The van der Waals surface area contributed by atoms with Crippen LogP contribution in [0.2, 0.25) is 0 Å². The van der Waals surface area contributed by atoms with E-state index in [1.54, 1.807) is 7.05 Å². The maximum atomic E-state index is 11.0. The Balaban J connectivity index is 1.90. The first-order valence-electron chi connectivity index (χ1n) is 5.46. The zero-order valence-electron chi connectivity index (χ0n) is 9.32. The number of para-hydroxylation sites is 1. The molecule has 0 saturated heterocycles. The molecule has 2 amide bonds. The summed E-state index contributed by atoms with van der Waals surface area (Å²) in [4.78, 5) is 11.0. The van der Waals surface area contributed by atoms with Gasteiger partial charge in [-0.15, -0.1) is 0 Å². The zero-order chi connectivity index (χ0) is 11.4. The molecule has 4 heteroatoms. The van der Waals surface area contributed by atoms with Crippen LogP contribution in [-0.2, 0) is 6.42 Å². The van der Waals surface area contributed by atoms with Crippen LogP contribution >= 0.6 is 0 Å². The minimum atomic E-state index is -0.140. The van der Waals surface area contributed by atoms with Crippen LogP contribution in [0.25, 0.3) is 0 Å². The normalized spacial score (nSPS) is 18.2. The number of rotatable bonds is 2. The van der Waals surface area contributed by atoms with Gasteiger partial charge >= 0.3 is 6.03 Å². The molecule has 86 valence electrons. The molecule has 1 heterocycles. The summed E-state index contributed by atoms with van der Waals surface area (Å²) >= 11 is 0. The Morgan fingerprint density at radius 1 is 1.50 bits per heavy atom. The third-order valence-corrected chi connectivity index (χ3v) is 2.73. The third kappa shape index (κ3) is 2.45. The van der Waals surface area contributed by atoms with Gasteiger partial charge in [0.25, 0.3) is 0 Å². The summed E-state index contributed by atoms with van der Waals surface area (Å²) in [6.07, 6.45) is 0.958. The average Bonchev–Trinajstić information content (AvgIpc) is 2.35. The fourth-order valence-electron chi connectivity index (χ4n) is 1.85. The number of nitrogens with one attached hydrogen (secondary N) is 2. The van der Waals surface area contributed by atoms with E-state index in [0.717, 1.165) is 12.2 Å². The molecule has 2 N–H and O–H groups in total. The molecule has 0 aliphatic carbocycles. The first-order valence-corrected chi connectivity index (χ1v) is 5.46. The van der Waals surface area contributed by atoms with Crippen molar-refractivity contribution in [3.05, 3.63) is 29.8 Å². The SMILES string of the molecule is CNC(=O)NCC1COc2ccccc2C1. The van der Waals surface area contributed by atoms with Gasteiger partial charge in [-0.3, -0.25) is 0 Å². The van der Waals surface area contributed by atoms with Gasteiger partial charge in [0, 0.05) is 19.5 Å². The molecule has 1 unspecified atom stereocenters. The molecule has 1 aliphatic rings. The van der Waals surface area contributed by atoms with Crippen LogP contribution in [0.3, 0.4) is 0 Å². The molecule has 0 fully saturated rings. The Labute approximate surface area is 95.0 Å². The number of amides is 2. The molecular formula is C12H16N2O2. The van der Waals surface area contributed by atoms with Crippen molar-refractivity contribution in [3.63, 3.8) is 0 Å². The zero-order valence-corrected chi connectivity index (χ0v) is 9.32. The standard InChI is InChI=1S/C12H16N2O2/c1-13-12(15)14-7-9-6-10-4-2-3-5-11(10)16-8-9/h2-5,9H,6-8H2,1H3,(H2,13,14,15). The second kappa shape index (κ2) is 4.88. The molecule has 1 aromatic carbocycles. The van der Waals surface area contributed by atoms with Crippen molar-refractivity contribution in [2.75, 3.05) is 20.2 Å². The number of hydrogen-bond donors (Lipinski definition) is 2. The number of carbonyl (C=O) groups is 1. The highest BCUT2D eigenvalue weighted by Gasteiger charge is 2.19. The van der Waals surface area contributed by atoms with E-state index in [1.165, 1.54) is 5.56 Å². The Kier molecular flexibility index (Phi) is 3.29. The van der Waals surface area contributed by atoms with Crippen molar-refractivity contribution >= 4 is 6.03 Å². The molecule has 1 aromatic rings. The topological polar surface area (TPSA) is 50.4 Å². The molecule has 1 atom stereocenters. The van der Waals surface area contributed by atoms with Gasteiger partial charge in [0.1, 0.15) is 5.75 Å². The number of ether oxygens (including phenoxy) is 1. The summed E-state index contributed by atoms with van der Waals surface area (Å²) < 4.78 is 5.63. The molecule has 2 rings (SSSR count). The van der Waals surface area contributed by atoms with Crippen LogP contribution in [0.4, 0.5) is 4.79 Å². The quantitative estimate of drug-likeness (QED) is 0.786. The second-order valence-electron chi connectivity index (χ2n) is 3.95. The molecule has 1 aliphatic heterocycles. The highest BCUT2D eigenvalue weighted by Crippen LogP contribution is 2.26. The number of fused-ring (bicyclic) bond motifs is 1. The van der Waals surface area contributed by atoms with Gasteiger partial charge in [-0.2, -0.15) is 0 Å².